The summed E-state index contributed by atoms with van der Waals surface area (Å²) in [7, 11) is -7.73. The third kappa shape index (κ3) is 3.74. The number of hydrogen-bond acceptors (Lipinski definition) is 6. The first-order valence-corrected chi connectivity index (χ1v) is 11.1. The van der Waals surface area contributed by atoms with Gasteiger partial charge in [-0.2, -0.15) is 0 Å². The highest BCUT2D eigenvalue weighted by Crippen LogP contribution is 2.26. The van der Waals surface area contributed by atoms with E-state index >= 15 is 0 Å². The van der Waals surface area contributed by atoms with Crippen LogP contribution in [-0.2, 0) is 26.4 Å². The Labute approximate surface area is 161 Å². The third-order valence-electron chi connectivity index (χ3n) is 3.83. The maximum absolute atomic E-state index is 12.7. The predicted molar refractivity (Wildman–Crippen MR) is 99.4 cm³/mol. The standard InChI is InChI=1S/C16H15ClN4O4S2/c1-2-21-15(19-20-16(21)27(18,24)25)11-3-7-13(8-4-11)26(22,23)14-9-5-12(17)6-10-14/h3-10H,2H2,1H3,(H2,18,24,25). The van der Waals surface area contributed by atoms with Crippen molar-refractivity contribution in [1.82, 2.24) is 14.8 Å². The molecule has 0 unspecified atom stereocenters. The van der Waals surface area contributed by atoms with Gasteiger partial charge < -0.3 is 0 Å². The number of aromatic nitrogens is 3. The van der Waals surface area contributed by atoms with Crippen molar-refractivity contribution in [1.29, 1.82) is 0 Å². The first kappa shape index (κ1) is 19.5. The van der Waals surface area contributed by atoms with Gasteiger partial charge in [-0.3, -0.25) is 4.57 Å². The minimum absolute atomic E-state index is 0.0859. The lowest BCUT2D eigenvalue weighted by Crippen LogP contribution is -2.18. The summed E-state index contributed by atoms with van der Waals surface area (Å²) in [6.07, 6.45) is 0. The van der Waals surface area contributed by atoms with Crippen molar-refractivity contribution in [3.8, 4) is 11.4 Å². The van der Waals surface area contributed by atoms with Gasteiger partial charge in [-0.25, -0.2) is 22.0 Å². The molecule has 142 valence electrons. The third-order valence-corrected chi connectivity index (χ3v) is 6.68. The van der Waals surface area contributed by atoms with Gasteiger partial charge in [0.1, 0.15) is 0 Å². The van der Waals surface area contributed by atoms with Crippen LogP contribution in [0.3, 0.4) is 0 Å². The fourth-order valence-corrected chi connectivity index (χ4v) is 4.60. The minimum Gasteiger partial charge on any atom is -0.297 e. The van der Waals surface area contributed by atoms with Gasteiger partial charge in [0.25, 0.3) is 15.2 Å². The van der Waals surface area contributed by atoms with Crippen LogP contribution in [-0.4, -0.2) is 31.6 Å². The van der Waals surface area contributed by atoms with Crippen molar-refractivity contribution in [3.63, 3.8) is 0 Å². The number of hydrogen-bond donors (Lipinski definition) is 1. The molecule has 0 atom stereocenters. The number of benzene rings is 2. The number of nitrogens with two attached hydrogens (primary N) is 1. The van der Waals surface area contributed by atoms with Crippen LogP contribution in [0.15, 0.2) is 63.5 Å². The minimum atomic E-state index is -4.02. The lowest BCUT2D eigenvalue weighted by atomic mass is 10.2. The van der Waals surface area contributed by atoms with Crippen LogP contribution in [0, 0.1) is 0 Å². The number of sulfone groups is 1. The van der Waals surface area contributed by atoms with Crippen LogP contribution >= 0.6 is 11.6 Å². The topological polar surface area (TPSA) is 125 Å². The van der Waals surface area contributed by atoms with Crippen LogP contribution in [0.1, 0.15) is 6.92 Å². The van der Waals surface area contributed by atoms with E-state index in [0.717, 1.165) is 0 Å². The molecule has 3 rings (SSSR count). The Hall–Kier alpha value is -2.27. The summed E-state index contributed by atoms with van der Waals surface area (Å²) in [5, 5.41) is 12.7. The average molecular weight is 427 g/mol. The second kappa shape index (κ2) is 7.04. The number of sulfonamides is 1. The fraction of sp³-hybridized carbons (Fsp3) is 0.125. The lowest BCUT2D eigenvalue weighted by Gasteiger charge is -2.08. The van der Waals surface area contributed by atoms with Crippen molar-refractivity contribution < 1.29 is 16.8 Å². The normalized spacial score (nSPS) is 12.3. The van der Waals surface area contributed by atoms with Gasteiger partial charge in [-0.1, -0.05) is 11.6 Å². The largest absolute Gasteiger partial charge is 0.297 e. The Balaban J connectivity index is 2.02. The smallest absolute Gasteiger partial charge is 0.273 e. The highest BCUT2D eigenvalue weighted by Gasteiger charge is 2.22. The maximum atomic E-state index is 12.7. The van der Waals surface area contributed by atoms with E-state index in [1.54, 1.807) is 6.92 Å². The zero-order chi connectivity index (χ0) is 19.8. The van der Waals surface area contributed by atoms with E-state index in [4.69, 9.17) is 16.7 Å². The molecule has 0 aliphatic heterocycles. The van der Waals surface area contributed by atoms with E-state index in [-0.39, 0.29) is 27.3 Å². The van der Waals surface area contributed by atoms with Crippen LogP contribution in [0.4, 0.5) is 0 Å². The molecule has 0 aliphatic rings. The van der Waals surface area contributed by atoms with Crippen molar-refractivity contribution in [2.24, 2.45) is 5.14 Å². The first-order chi connectivity index (χ1) is 12.6. The molecule has 0 saturated carbocycles. The summed E-state index contributed by atoms with van der Waals surface area (Å²) in [4.78, 5) is 0.204. The quantitative estimate of drug-likeness (QED) is 0.665. The zero-order valence-corrected chi connectivity index (χ0v) is 16.5. The Kier molecular flexibility index (Phi) is 5.08. The van der Waals surface area contributed by atoms with Crippen LogP contribution in [0.25, 0.3) is 11.4 Å². The van der Waals surface area contributed by atoms with Gasteiger partial charge in [0, 0.05) is 17.1 Å². The SMILES string of the molecule is CCn1c(-c2ccc(S(=O)(=O)c3ccc(Cl)cc3)cc2)nnc1S(N)(=O)=O. The number of primary sulfonamides is 1. The molecule has 8 nitrogen and oxygen atoms in total. The number of nitrogens with zero attached hydrogens (tertiary/aromatic N) is 3. The van der Waals surface area contributed by atoms with Gasteiger partial charge in [0.05, 0.1) is 9.79 Å². The summed E-state index contributed by atoms with van der Waals surface area (Å²) in [5.74, 6) is 0.275. The molecule has 0 bridgehead atoms. The Morgan fingerprint density at radius 2 is 1.44 bits per heavy atom. The second-order valence-electron chi connectivity index (χ2n) is 5.58. The maximum Gasteiger partial charge on any atom is 0.273 e. The molecular weight excluding hydrogens is 412 g/mol. The van der Waals surface area contributed by atoms with E-state index in [0.29, 0.717) is 10.6 Å². The van der Waals surface area contributed by atoms with Crippen molar-refractivity contribution in [3.05, 3.63) is 53.6 Å². The van der Waals surface area contributed by atoms with E-state index < -0.39 is 19.9 Å². The highest BCUT2D eigenvalue weighted by atomic mass is 35.5. The number of halogens is 1. The molecule has 2 aromatic carbocycles. The fourth-order valence-electron chi connectivity index (χ4n) is 2.53. The van der Waals surface area contributed by atoms with Gasteiger partial charge in [0.2, 0.25) is 9.84 Å². The molecule has 11 heteroatoms. The molecule has 1 aromatic heterocycles. The summed E-state index contributed by atoms with van der Waals surface area (Å²) in [6, 6.07) is 11.8. The molecule has 3 aromatic rings. The van der Waals surface area contributed by atoms with E-state index in [1.807, 2.05) is 0 Å². The highest BCUT2D eigenvalue weighted by molar-refractivity contribution is 7.91. The average Bonchev–Trinajstić information content (AvgIpc) is 3.06. The van der Waals surface area contributed by atoms with E-state index in [1.165, 1.54) is 53.1 Å². The first-order valence-electron chi connectivity index (χ1n) is 7.71. The number of rotatable bonds is 5. The molecule has 0 aliphatic carbocycles. The predicted octanol–water partition coefficient (Wildman–Crippen LogP) is 2.10. The molecule has 0 fully saturated rings. The van der Waals surface area contributed by atoms with Crippen molar-refractivity contribution in [2.45, 2.75) is 28.4 Å². The summed E-state index contributed by atoms with van der Waals surface area (Å²) >= 11 is 5.80. The summed E-state index contributed by atoms with van der Waals surface area (Å²) in [5.41, 5.74) is 0.509. The Morgan fingerprint density at radius 1 is 0.926 bits per heavy atom. The molecule has 27 heavy (non-hydrogen) atoms. The zero-order valence-electron chi connectivity index (χ0n) is 14.1. The second-order valence-corrected chi connectivity index (χ2v) is 9.42. The van der Waals surface area contributed by atoms with Gasteiger partial charge in [-0.15, -0.1) is 10.2 Å². The molecule has 0 radical (unpaired) electrons. The van der Waals surface area contributed by atoms with Crippen molar-refractivity contribution >= 4 is 31.5 Å². The van der Waals surface area contributed by atoms with Crippen LogP contribution < -0.4 is 5.14 Å². The molecule has 2 N–H and O–H groups in total. The Bertz CT molecular complexity index is 1190. The molecule has 1 heterocycles. The van der Waals surface area contributed by atoms with Gasteiger partial charge >= 0.3 is 0 Å². The molecule has 0 amide bonds. The van der Waals surface area contributed by atoms with Gasteiger partial charge in [0.15, 0.2) is 5.82 Å². The molecule has 0 spiro atoms. The van der Waals surface area contributed by atoms with Crippen LogP contribution in [0.2, 0.25) is 5.02 Å². The van der Waals surface area contributed by atoms with Crippen molar-refractivity contribution in [2.75, 3.05) is 0 Å². The van der Waals surface area contributed by atoms with E-state index in [2.05, 4.69) is 10.2 Å². The van der Waals surface area contributed by atoms with E-state index in [9.17, 15) is 16.8 Å². The molecular formula is C16H15ClN4O4S2. The summed E-state index contributed by atoms with van der Waals surface area (Å²) < 4.78 is 49.9. The molecule has 0 saturated heterocycles. The lowest BCUT2D eigenvalue weighted by molar-refractivity contribution is 0.571. The Morgan fingerprint density at radius 3 is 1.93 bits per heavy atom. The van der Waals surface area contributed by atoms with Crippen LogP contribution in [0.5, 0.6) is 0 Å². The van der Waals surface area contributed by atoms with Gasteiger partial charge in [-0.05, 0) is 55.5 Å². The monoisotopic (exact) mass is 426 g/mol. The summed E-state index contributed by atoms with van der Waals surface area (Å²) in [6.45, 7) is 2.00.